The SMILES string of the molecule is C[C@H](NC(=O)c1ccoc1)c1ccc(C(F)(F)F)cc1. The van der Waals surface area contributed by atoms with E-state index in [1.807, 2.05) is 0 Å². The van der Waals surface area contributed by atoms with Gasteiger partial charge in [0.2, 0.25) is 0 Å². The van der Waals surface area contributed by atoms with E-state index in [1.165, 1.54) is 30.7 Å². The Morgan fingerprint density at radius 3 is 2.35 bits per heavy atom. The summed E-state index contributed by atoms with van der Waals surface area (Å²) in [6.45, 7) is 1.70. The Bertz CT molecular complexity index is 573. The van der Waals surface area contributed by atoms with E-state index in [0.29, 0.717) is 11.1 Å². The number of halogens is 3. The van der Waals surface area contributed by atoms with Gasteiger partial charge in [0, 0.05) is 0 Å². The minimum Gasteiger partial charge on any atom is -0.472 e. The molecule has 0 spiro atoms. The number of carbonyl (C=O) groups is 1. The number of benzene rings is 1. The van der Waals surface area contributed by atoms with Crippen molar-refractivity contribution in [1.82, 2.24) is 5.32 Å². The lowest BCUT2D eigenvalue weighted by Gasteiger charge is -2.15. The second-order valence-electron chi connectivity index (χ2n) is 4.33. The smallest absolute Gasteiger partial charge is 0.416 e. The molecule has 0 saturated heterocycles. The summed E-state index contributed by atoms with van der Waals surface area (Å²) in [5, 5.41) is 2.68. The lowest BCUT2D eigenvalue weighted by Crippen LogP contribution is -2.26. The van der Waals surface area contributed by atoms with Crippen molar-refractivity contribution in [1.29, 1.82) is 0 Å². The molecule has 0 aliphatic rings. The summed E-state index contributed by atoms with van der Waals surface area (Å²) in [6, 6.07) is 5.80. The molecule has 0 radical (unpaired) electrons. The summed E-state index contributed by atoms with van der Waals surface area (Å²) < 4.78 is 42.1. The van der Waals surface area contributed by atoms with E-state index in [9.17, 15) is 18.0 Å². The van der Waals surface area contributed by atoms with Gasteiger partial charge >= 0.3 is 6.18 Å². The number of alkyl halides is 3. The summed E-state index contributed by atoms with van der Waals surface area (Å²) in [6.07, 6.45) is -1.69. The third kappa shape index (κ3) is 3.20. The first-order valence-corrected chi connectivity index (χ1v) is 5.88. The van der Waals surface area contributed by atoms with Crippen molar-refractivity contribution in [3.8, 4) is 0 Å². The maximum atomic E-state index is 12.4. The van der Waals surface area contributed by atoms with Crippen LogP contribution in [0.15, 0.2) is 47.3 Å². The Morgan fingerprint density at radius 1 is 1.20 bits per heavy atom. The third-order valence-electron chi connectivity index (χ3n) is 2.87. The van der Waals surface area contributed by atoms with Gasteiger partial charge in [-0.05, 0) is 30.7 Å². The quantitative estimate of drug-likeness (QED) is 0.931. The Balaban J connectivity index is 2.06. The van der Waals surface area contributed by atoms with Gasteiger partial charge in [-0.3, -0.25) is 4.79 Å². The highest BCUT2D eigenvalue weighted by molar-refractivity contribution is 5.93. The van der Waals surface area contributed by atoms with Crippen molar-refractivity contribution >= 4 is 5.91 Å². The summed E-state index contributed by atoms with van der Waals surface area (Å²) in [5.41, 5.74) is 0.244. The third-order valence-corrected chi connectivity index (χ3v) is 2.87. The molecule has 1 aromatic carbocycles. The molecule has 0 bridgehead atoms. The largest absolute Gasteiger partial charge is 0.472 e. The average molecular weight is 283 g/mol. The van der Waals surface area contributed by atoms with Gasteiger partial charge in [-0.15, -0.1) is 0 Å². The fourth-order valence-corrected chi connectivity index (χ4v) is 1.72. The molecule has 0 aliphatic carbocycles. The van der Waals surface area contributed by atoms with Crippen LogP contribution < -0.4 is 5.32 Å². The monoisotopic (exact) mass is 283 g/mol. The summed E-state index contributed by atoms with van der Waals surface area (Å²) in [4.78, 5) is 11.8. The summed E-state index contributed by atoms with van der Waals surface area (Å²) >= 11 is 0. The molecule has 2 rings (SSSR count). The number of hydrogen-bond acceptors (Lipinski definition) is 2. The predicted octanol–water partition coefficient (Wildman–Crippen LogP) is 3.79. The van der Waals surface area contributed by atoms with Crippen LogP contribution in [-0.2, 0) is 6.18 Å². The molecule has 1 aromatic heterocycles. The molecular formula is C14H12F3NO2. The number of furan rings is 1. The molecule has 0 saturated carbocycles. The zero-order chi connectivity index (χ0) is 14.8. The maximum Gasteiger partial charge on any atom is 0.416 e. The molecule has 0 fully saturated rings. The lowest BCUT2D eigenvalue weighted by molar-refractivity contribution is -0.137. The number of carbonyl (C=O) groups excluding carboxylic acids is 1. The first-order chi connectivity index (χ1) is 9.38. The van der Waals surface area contributed by atoms with Crippen molar-refractivity contribution < 1.29 is 22.4 Å². The average Bonchev–Trinajstić information content (AvgIpc) is 2.91. The van der Waals surface area contributed by atoms with Crippen LogP contribution in [0, 0.1) is 0 Å². The minimum atomic E-state index is -4.36. The number of amides is 1. The van der Waals surface area contributed by atoms with Gasteiger partial charge in [0.05, 0.1) is 23.4 Å². The van der Waals surface area contributed by atoms with Crippen LogP contribution >= 0.6 is 0 Å². The van der Waals surface area contributed by atoms with Crippen molar-refractivity contribution in [2.45, 2.75) is 19.1 Å². The van der Waals surface area contributed by atoms with Crippen LogP contribution in [0.4, 0.5) is 13.2 Å². The summed E-state index contributed by atoms with van der Waals surface area (Å²) in [7, 11) is 0. The van der Waals surface area contributed by atoms with Crippen LogP contribution in [0.2, 0.25) is 0 Å². The fraction of sp³-hybridized carbons (Fsp3) is 0.214. The van der Waals surface area contributed by atoms with Gasteiger partial charge < -0.3 is 9.73 Å². The molecule has 0 unspecified atom stereocenters. The van der Waals surface area contributed by atoms with E-state index >= 15 is 0 Å². The van der Waals surface area contributed by atoms with E-state index in [2.05, 4.69) is 5.32 Å². The Kier molecular flexibility index (Phi) is 3.83. The van der Waals surface area contributed by atoms with Gasteiger partial charge in [0.15, 0.2) is 0 Å². The molecule has 1 N–H and O–H groups in total. The number of hydrogen-bond donors (Lipinski definition) is 1. The summed E-state index contributed by atoms with van der Waals surface area (Å²) in [5.74, 6) is -0.342. The molecule has 2 aromatic rings. The Hall–Kier alpha value is -2.24. The fourth-order valence-electron chi connectivity index (χ4n) is 1.72. The van der Waals surface area contributed by atoms with Gasteiger partial charge in [0.1, 0.15) is 6.26 Å². The van der Waals surface area contributed by atoms with E-state index in [4.69, 9.17) is 4.42 Å². The van der Waals surface area contributed by atoms with E-state index in [1.54, 1.807) is 6.92 Å². The van der Waals surface area contributed by atoms with Gasteiger partial charge in [-0.2, -0.15) is 13.2 Å². The van der Waals surface area contributed by atoms with Crippen LogP contribution in [0.1, 0.15) is 34.5 Å². The molecule has 1 heterocycles. The maximum absolute atomic E-state index is 12.4. The minimum absolute atomic E-state index is 0.342. The van der Waals surface area contributed by atoms with Gasteiger partial charge in [-0.1, -0.05) is 12.1 Å². The number of nitrogens with one attached hydrogen (secondary N) is 1. The van der Waals surface area contributed by atoms with Crippen molar-refractivity contribution in [2.75, 3.05) is 0 Å². The van der Waals surface area contributed by atoms with Crippen LogP contribution in [0.3, 0.4) is 0 Å². The lowest BCUT2D eigenvalue weighted by atomic mass is 10.1. The standard InChI is InChI=1S/C14H12F3NO2/c1-9(18-13(19)11-6-7-20-8-11)10-2-4-12(5-3-10)14(15,16)17/h2-9H,1H3,(H,18,19)/t9-/m0/s1. The number of rotatable bonds is 3. The zero-order valence-corrected chi connectivity index (χ0v) is 10.6. The van der Waals surface area contributed by atoms with Crippen LogP contribution in [0.25, 0.3) is 0 Å². The molecule has 106 valence electrons. The van der Waals surface area contributed by atoms with E-state index < -0.39 is 17.8 Å². The highest BCUT2D eigenvalue weighted by atomic mass is 19.4. The Labute approximate surface area is 113 Å². The molecule has 1 atom stereocenters. The van der Waals surface area contributed by atoms with E-state index in [-0.39, 0.29) is 5.91 Å². The van der Waals surface area contributed by atoms with E-state index in [0.717, 1.165) is 12.1 Å². The molecular weight excluding hydrogens is 271 g/mol. The normalized spacial score (nSPS) is 13.0. The first-order valence-electron chi connectivity index (χ1n) is 5.88. The predicted molar refractivity (Wildman–Crippen MR) is 66.0 cm³/mol. The second-order valence-corrected chi connectivity index (χ2v) is 4.33. The van der Waals surface area contributed by atoms with Crippen LogP contribution in [-0.4, -0.2) is 5.91 Å². The highest BCUT2D eigenvalue weighted by Gasteiger charge is 2.30. The van der Waals surface area contributed by atoms with Crippen molar-refractivity contribution in [2.24, 2.45) is 0 Å². The second kappa shape index (κ2) is 5.40. The Morgan fingerprint density at radius 2 is 1.85 bits per heavy atom. The van der Waals surface area contributed by atoms with Gasteiger partial charge in [0.25, 0.3) is 5.91 Å². The molecule has 3 nitrogen and oxygen atoms in total. The zero-order valence-electron chi connectivity index (χ0n) is 10.6. The molecule has 1 amide bonds. The molecule has 20 heavy (non-hydrogen) atoms. The van der Waals surface area contributed by atoms with Gasteiger partial charge in [-0.25, -0.2) is 0 Å². The van der Waals surface area contributed by atoms with Crippen LogP contribution in [0.5, 0.6) is 0 Å². The van der Waals surface area contributed by atoms with Crippen molar-refractivity contribution in [3.63, 3.8) is 0 Å². The topological polar surface area (TPSA) is 42.2 Å². The molecule has 6 heteroatoms. The first kappa shape index (κ1) is 14.2. The van der Waals surface area contributed by atoms with Crippen molar-refractivity contribution in [3.05, 3.63) is 59.5 Å². The molecule has 0 aliphatic heterocycles. The highest BCUT2D eigenvalue weighted by Crippen LogP contribution is 2.29.